The smallest absolute Gasteiger partial charge is 0.262 e. The molecule has 1 aromatic heterocycles. The van der Waals surface area contributed by atoms with Gasteiger partial charge in [-0.15, -0.1) is 0 Å². The lowest BCUT2D eigenvalue weighted by Gasteiger charge is -2.38. The number of benzene rings is 3. The highest BCUT2D eigenvalue weighted by molar-refractivity contribution is 6.31. The van der Waals surface area contributed by atoms with E-state index in [1.807, 2.05) is 79.7 Å². The molecule has 2 heterocycles. The summed E-state index contributed by atoms with van der Waals surface area (Å²) in [5.41, 5.74) is 4.76. The molecule has 31 heavy (non-hydrogen) atoms. The number of ether oxygens (including phenoxy) is 1. The normalized spacial score (nSPS) is 15.5. The van der Waals surface area contributed by atoms with Crippen molar-refractivity contribution in [1.82, 2.24) is 4.98 Å². The van der Waals surface area contributed by atoms with Crippen molar-refractivity contribution in [1.29, 1.82) is 0 Å². The number of carbonyl (C=O) groups excluding carboxylic acids is 1. The fourth-order valence-electron chi connectivity index (χ4n) is 3.91. The monoisotopic (exact) mass is 429 g/mol. The quantitative estimate of drug-likeness (QED) is 0.407. The number of amides is 1. The zero-order valence-corrected chi connectivity index (χ0v) is 17.9. The van der Waals surface area contributed by atoms with Gasteiger partial charge < -0.3 is 10.1 Å². The Morgan fingerprint density at radius 2 is 1.81 bits per heavy atom. The van der Waals surface area contributed by atoms with Gasteiger partial charge in [-0.2, -0.15) is 0 Å². The Labute approximate surface area is 185 Å². The summed E-state index contributed by atoms with van der Waals surface area (Å²) < 4.78 is 5.36. The molecule has 1 unspecified atom stereocenters. The molecule has 1 amide bonds. The SMILES string of the molecule is COc1ccc2nc(Cl)c(C3Nc4ccccc4C(=O)N3c3ccc(C)cc3)cc2c1. The van der Waals surface area contributed by atoms with Gasteiger partial charge in [0.05, 0.1) is 18.2 Å². The fourth-order valence-corrected chi connectivity index (χ4v) is 4.16. The van der Waals surface area contributed by atoms with E-state index in [1.54, 1.807) is 12.0 Å². The number of anilines is 2. The number of nitrogens with one attached hydrogen (secondary N) is 1. The lowest BCUT2D eigenvalue weighted by molar-refractivity contribution is 0.0975. The largest absolute Gasteiger partial charge is 0.497 e. The van der Waals surface area contributed by atoms with Crippen LogP contribution in [0.15, 0.2) is 72.8 Å². The number of para-hydroxylation sites is 1. The Morgan fingerprint density at radius 3 is 2.58 bits per heavy atom. The number of fused-ring (bicyclic) bond motifs is 2. The molecule has 1 N–H and O–H groups in total. The Morgan fingerprint density at radius 1 is 1.03 bits per heavy atom. The number of pyridine rings is 1. The predicted molar refractivity (Wildman–Crippen MR) is 124 cm³/mol. The van der Waals surface area contributed by atoms with Gasteiger partial charge in [0.2, 0.25) is 0 Å². The van der Waals surface area contributed by atoms with E-state index in [0.717, 1.165) is 33.6 Å². The minimum absolute atomic E-state index is 0.0926. The van der Waals surface area contributed by atoms with Crippen LogP contribution < -0.4 is 15.0 Å². The molecular weight excluding hydrogens is 410 g/mol. The fraction of sp³-hybridized carbons (Fsp3) is 0.120. The van der Waals surface area contributed by atoms with Gasteiger partial charge in [-0.25, -0.2) is 4.98 Å². The molecule has 154 valence electrons. The van der Waals surface area contributed by atoms with Gasteiger partial charge in [0.25, 0.3) is 5.91 Å². The number of rotatable bonds is 3. The van der Waals surface area contributed by atoms with Crippen LogP contribution in [0, 0.1) is 6.92 Å². The highest BCUT2D eigenvalue weighted by Crippen LogP contribution is 2.39. The summed E-state index contributed by atoms with van der Waals surface area (Å²) in [6.45, 7) is 2.02. The summed E-state index contributed by atoms with van der Waals surface area (Å²) in [4.78, 5) is 19.9. The summed E-state index contributed by atoms with van der Waals surface area (Å²) in [5.74, 6) is 0.640. The maximum Gasteiger partial charge on any atom is 0.262 e. The molecule has 0 spiro atoms. The van der Waals surface area contributed by atoms with Crippen molar-refractivity contribution >= 4 is 39.8 Å². The van der Waals surface area contributed by atoms with Gasteiger partial charge in [-0.1, -0.05) is 41.4 Å². The lowest BCUT2D eigenvalue weighted by Crippen LogP contribution is -2.43. The first-order valence-electron chi connectivity index (χ1n) is 9.95. The molecule has 0 bridgehead atoms. The van der Waals surface area contributed by atoms with Crippen molar-refractivity contribution in [3.05, 3.63) is 94.6 Å². The van der Waals surface area contributed by atoms with Crippen LogP contribution >= 0.6 is 11.6 Å². The van der Waals surface area contributed by atoms with E-state index in [0.29, 0.717) is 16.3 Å². The summed E-state index contributed by atoms with van der Waals surface area (Å²) in [5, 5.41) is 4.72. The molecule has 4 aromatic rings. The second-order valence-corrected chi connectivity index (χ2v) is 7.89. The first-order chi connectivity index (χ1) is 15.0. The van der Waals surface area contributed by atoms with Crippen LogP contribution in [-0.4, -0.2) is 18.0 Å². The van der Waals surface area contributed by atoms with Gasteiger partial charge in [0, 0.05) is 22.3 Å². The predicted octanol–water partition coefficient (Wildman–Crippen LogP) is 5.98. The van der Waals surface area contributed by atoms with Crippen molar-refractivity contribution in [2.45, 2.75) is 13.1 Å². The summed E-state index contributed by atoms with van der Waals surface area (Å²) in [6, 6.07) is 23.0. The number of carbonyl (C=O) groups is 1. The number of hydrogen-bond acceptors (Lipinski definition) is 4. The Bertz CT molecular complexity index is 1300. The number of aryl methyl sites for hydroxylation is 1. The zero-order valence-electron chi connectivity index (χ0n) is 17.1. The molecule has 1 aliphatic heterocycles. The van der Waals surface area contributed by atoms with Gasteiger partial charge in [-0.05, 0) is 55.5 Å². The van der Waals surface area contributed by atoms with Gasteiger partial charge >= 0.3 is 0 Å². The van der Waals surface area contributed by atoms with Crippen LogP contribution in [0.25, 0.3) is 10.9 Å². The molecule has 3 aromatic carbocycles. The third-order valence-corrected chi connectivity index (χ3v) is 5.84. The molecule has 1 atom stereocenters. The first-order valence-corrected chi connectivity index (χ1v) is 10.3. The van der Waals surface area contributed by atoms with Crippen LogP contribution in [0.5, 0.6) is 5.75 Å². The lowest BCUT2D eigenvalue weighted by atomic mass is 10.0. The van der Waals surface area contributed by atoms with E-state index in [-0.39, 0.29) is 5.91 Å². The third-order valence-electron chi connectivity index (χ3n) is 5.54. The zero-order chi connectivity index (χ0) is 21.5. The average molecular weight is 430 g/mol. The van der Waals surface area contributed by atoms with Crippen LogP contribution in [0.2, 0.25) is 5.15 Å². The summed E-state index contributed by atoms with van der Waals surface area (Å²) in [7, 11) is 1.63. The maximum atomic E-state index is 13.6. The Balaban J connectivity index is 1.70. The molecule has 0 fully saturated rings. The maximum absolute atomic E-state index is 13.6. The van der Waals surface area contributed by atoms with Crippen molar-refractivity contribution in [2.24, 2.45) is 0 Å². The molecule has 0 saturated carbocycles. The molecule has 6 heteroatoms. The molecule has 1 aliphatic rings. The third kappa shape index (κ3) is 3.37. The second-order valence-electron chi connectivity index (χ2n) is 7.53. The van der Waals surface area contributed by atoms with E-state index in [1.165, 1.54) is 0 Å². The van der Waals surface area contributed by atoms with Crippen LogP contribution in [0.4, 0.5) is 11.4 Å². The van der Waals surface area contributed by atoms with E-state index in [9.17, 15) is 4.79 Å². The topological polar surface area (TPSA) is 54.5 Å². The van der Waals surface area contributed by atoms with E-state index in [2.05, 4.69) is 10.3 Å². The van der Waals surface area contributed by atoms with Crippen LogP contribution in [0.3, 0.4) is 0 Å². The number of aromatic nitrogens is 1. The van der Waals surface area contributed by atoms with Crippen molar-refractivity contribution in [2.75, 3.05) is 17.3 Å². The average Bonchev–Trinajstić information content (AvgIpc) is 2.79. The molecule has 5 nitrogen and oxygen atoms in total. The molecule has 0 aliphatic carbocycles. The number of hydrogen-bond donors (Lipinski definition) is 1. The van der Waals surface area contributed by atoms with Gasteiger partial charge in [0.15, 0.2) is 0 Å². The van der Waals surface area contributed by atoms with E-state index >= 15 is 0 Å². The molecule has 5 rings (SSSR count). The highest BCUT2D eigenvalue weighted by atomic mass is 35.5. The van der Waals surface area contributed by atoms with Gasteiger partial charge in [0.1, 0.15) is 17.1 Å². The number of halogens is 1. The highest BCUT2D eigenvalue weighted by Gasteiger charge is 2.35. The number of nitrogens with zero attached hydrogens (tertiary/aromatic N) is 2. The first kappa shape index (κ1) is 19.4. The van der Waals surface area contributed by atoms with E-state index < -0.39 is 6.17 Å². The van der Waals surface area contributed by atoms with Crippen molar-refractivity contribution < 1.29 is 9.53 Å². The number of methoxy groups -OCH3 is 1. The molecule has 0 saturated heterocycles. The standard InChI is InChI=1S/C25H20ClN3O2/c1-15-7-9-17(10-8-15)29-24(28-22-6-4-3-5-19(22)25(29)30)20-14-16-13-18(31-2)11-12-21(16)27-23(20)26/h3-14,24,28H,1-2H3. The minimum atomic E-state index is -0.513. The van der Waals surface area contributed by atoms with Gasteiger partial charge in [-0.3, -0.25) is 9.69 Å². The van der Waals surface area contributed by atoms with Crippen LogP contribution in [0.1, 0.15) is 27.7 Å². The van der Waals surface area contributed by atoms with Crippen LogP contribution in [-0.2, 0) is 0 Å². The molecule has 0 radical (unpaired) electrons. The van der Waals surface area contributed by atoms with E-state index in [4.69, 9.17) is 16.3 Å². The Kier molecular flexibility index (Phi) is 4.75. The summed E-state index contributed by atoms with van der Waals surface area (Å²) in [6.07, 6.45) is -0.513. The van der Waals surface area contributed by atoms with Crippen molar-refractivity contribution in [3.8, 4) is 5.75 Å². The minimum Gasteiger partial charge on any atom is -0.497 e. The summed E-state index contributed by atoms with van der Waals surface area (Å²) >= 11 is 6.64. The Hall–Kier alpha value is -3.57. The second kappa shape index (κ2) is 7.60. The molecular formula is C25H20ClN3O2. The van der Waals surface area contributed by atoms with Crippen molar-refractivity contribution in [3.63, 3.8) is 0 Å².